The summed E-state index contributed by atoms with van der Waals surface area (Å²) in [4.78, 5) is 15.5. The van der Waals surface area contributed by atoms with Gasteiger partial charge in [-0.2, -0.15) is 4.98 Å². The van der Waals surface area contributed by atoms with E-state index >= 15 is 0 Å². The number of carboxylic acid groups (broad SMARTS) is 1. The van der Waals surface area contributed by atoms with Crippen molar-refractivity contribution in [3.63, 3.8) is 0 Å². The lowest BCUT2D eigenvalue weighted by molar-refractivity contribution is -0.137. The van der Waals surface area contributed by atoms with E-state index in [9.17, 15) is 13.6 Å². The minimum atomic E-state index is -1.07. The molecule has 2 aromatic rings. The van der Waals surface area contributed by atoms with Crippen molar-refractivity contribution in [2.45, 2.75) is 50.9 Å². The first-order valence-electron chi connectivity index (χ1n) is 9.74. The van der Waals surface area contributed by atoms with Gasteiger partial charge in [0.2, 0.25) is 5.89 Å². The molecule has 0 fully saturated rings. The van der Waals surface area contributed by atoms with Gasteiger partial charge in [-0.25, -0.2) is 8.78 Å². The molecule has 1 aromatic carbocycles. The van der Waals surface area contributed by atoms with Crippen LogP contribution in [0.2, 0.25) is 0 Å². The van der Waals surface area contributed by atoms with E-state index in [1.807, 2.05) is 0 Å². The molecule has 2 heterocycles. The molecule has 0 amide bonds. The first-order valence-corrected chi connectivity index (χ1v) is 9.74. The van der Waals surface area contributed by atoms with Crippen LogP contribution in [0.5, 0.6) is 0 Å². The fourth-order valence-corrected chi connectivity index (χ4v) is 3.47. The van der Waals surface area contributed by atoms with Gasteiger partial charge in [0.25, 0.3) is 0 Å². The number of rotatable bonds is 9. The fourth-order valence-electron chi connectivity index (χ4n) is 3.47. The van der Waals surface area contributed by atoms with Crippen molar-refractivity contribution in [2.24, 2.45) is 0 Å². The van der Waals surface area contributed by atoms with Gasteiger partial charge in [-0.3, -0.25) is 4.79 Å². The number of aromatic nitrogens is 2. The first-order chi connectivity index (χ1) is 14.0. The number of hydrogen-bond donors (Lipinski definition) is 1. The smallest absolute Gasteiger partial charge is 0.303 e. The van der Waals surface area contributed by atoms with Crippen LogP contribution in [0, 0.1) is 11.6 Å². The van der Waals surface area contributed by atoms with Crippen molar-refractivity contribution in [1.29, 1.82) is 0 Å². The second kappa shape index (κ2) is 10.2. The van der Waals surface area contributed by atoms with Crippen molar-refractivity contribution in [2.75, 3.05) is 13.2 Å². The Balaban J connectivity index is 1.60. The van der Waals surface area contributed by atoms with E-state index in [0.29, 0.717) is 12.2 Å². The normalized spacial score (nSPS) is 15.6. The Morgan fingerprint density at radius 3 is 2.72 bits per heavy atom. The summed E-state index contributed by atoms with van der Waals surface area (Å²) in [5.74, 6) is -2.43. The fraction of sp³-hybridized carbons (Fsp3) is 0.476. The number of carbonyl (C=O) groups is 1. The molecule has 1 N–H and O–H groups in total. The lowest BCUT2D eigenvalue weighted by Gasteiger charge is -2.13. The molecule has 6 nitrogen and oxygen atoms in total. The third kappa shape index (κ3) is 6.74. The van der Waals surface area contributed by atoms with Crippen LogP contribution in [0.25, 0.3) is 0 Å². The Bertz CT molecular complexity index is 846. The second-order valence-electron chi connectivity index (χ2n) is 7.17. The van der Waals surface area contributed by atoms with Crippen LogP contribution in [0.15, 0.2) is 34.4 Å². The zero-order valence-electron chi connectivity index (χ0n) is 16.1. The maximum Gasteiger partial charge on any atom is 0.303 e. The molecule has 8 heteroatoms. The Morgan fingerprint density at radius 1 is 1.17 bits per heavy atom. The maximum atomic E-state index is 13.5. The van der Waals surface area contributed by atoms with E-state index in [1.165, 1.54) is 5.57 Å². The van der Waals surface area contributed by atoms with E-state index in [0.717, 1.165) is 57.1 Å². The average molecular weight is 406 g/mol. The zero-order chi connectivity index (χ0) is 20.6. The van der Waals surface area contributed by atoms with Crippen molar-refractivity contribution >= 4 is 5.97 Å². The molecule has 29 heavy (non-hydrogen) atoms. The molecule has 0 bridgehead atoms. The number of carboxylic acids is 1. The van der Waals surface area contributed by atoms with Crippen LogP contribution < -0.4 is 0 Å². The highest BCUT2D eigenvalue weighted by atomic mass is 19.1. The third-order valence-electron chi connectivity index (χ3n) is 4.87. The molecular weight excluding hydrogens is 382 g/mol. The number of ether oxygens (including phenoxy) is 1. The van der Waals surface area contributed by atoms with Gasteiger partial charge < -0.3 is 14.4 Å². The van der Waals surface area contributed by atoms with Gasteiger partial charge in [0, 0.05) is 24.8 Å². The van der Waals surface area contributed by atoms with E-state index < -0.39 is 23.5 Å². The molecular formula is C21H24F2N2O4. The molecule has 0 radical (unpaired) electrons. The van der Waals surface area contributed by atoms with Crippen LogP contribution in [0.4, 0.5) is 8.78 Å². The van der Waals surface area contributed by atoms with Crippen LogP contribution in [0.3, 0.4) is 0 Å². The van der Waals surface area contributed by atoms with Crippen molar-refractivity contribution in [1.82, 2.24) is 10.1 Å². The molecule has 1 unspecified atom stereocenters. The quantitative estimate of drug-likeness (QED) is 0.628. The largest absolute Gasteiger partial charge is 0.481 e. The molecule has 156 valence electrons. The van der Waals surface area contributed by atoms with Gasteiger partial charge in [0.1, 0.15) is 11.6 Å². The van der Waals surface area contributed by atoms with Crippen LogP contribution >= 0.6 is 0 Å². The molecule has 0 spiro atoms. The van der Waals surface area contributed by atoms with Crippen molar-refractivity contribution in [3.05, 3.63) is 58.8 Å². The number of aliphatic carboxylic acids is 1. The van der Waals surface area contributed by atoms with E-state index in [2.05, 4.69) is 16.2 Å². The van der Waals surface area contributed by atoms with Gasteiger partial charge >= 0.3 is 5.97 Å². The SMILES string of the molecule is O=C(O)CC(Cc1nc(CCCC2=CCCOCC2)no1)c1cc(F)cc(F)c1. The molecule has 0 saturated carbocycles. The van der Waals surface area contributed by atoms with E-state index in [1.54, 1.807) is 0 Å². The molecule has 0 aliphatic carbocycles. The van der Waals surface area contributed by atoms with Crippen LogP contribution in [-0.2, 0) is 22.4 Å². The molecule has 3 rings (SSSR count). The minimum Gasteiger partial charge on any atom is -0.481 e. The van der Waals surface area contributed by atoms with E-state index in [4.69, 9.17) is 14.4 Å². The Kier molecular flexibility index (Phi) is 7.46. The predicted octanol–water partition coefficient (Wildman–Crippen LogP) is 4.21. The monoisotopic (exact) mass is 406 g/mol. The highest BCUT2D eigenvalue weighted by molar-refractivity contribution is 5.68. The number of hydrogen-bond acceptors (Lipinski definition) is 5. The number of aryl methyl sites for hydroxylation is 1. The number of halogens is 2. The summed E-state index contributed by atoms with van der Waals surface area (Å²) in [6, 6.07) is 3.03. The summed E-state index contributed by atoms with van der Waals surface area (Å²) < 4.78 is 37.7. The standard InChI is InChI=1S/C21H24F2N2O4/c22-17-9-15(10-18(23)13-17)16(12-21(26)27)11-20-24-19(25-29-20)5-1-3-14-4-2-7-28-8-6-14/h4,9-10,13,16H,1-3,5-8,11-12H2,(H,26,27). The van der Waals surface area contributed by atoms with Gasteiger partial charge in [-0.05, 0) is 43.4 Å². The summed E-state index contributed by atoms with van der Waals surface area (Å²) >= 11 is 0. The molecule has 1 aliphatic heterocycles. The van der Waals surface area contributed by atoms with Gasteiger partial charge in [-0.1, -0.05) is 16.8 Å². The predicted molar refractivity (Wildman–Crippen MR) is 100 cm³/mol. The molecule has 0 saturated heterocycles. The van der Waals surface area contributed by atoms with E-state index in [-0.39, 0.29) is 24.3 Å². The third-order valence-corrected chi connectivity index (χ3v) is 4.87. The lowest BCUT2D eigenvalue weighted by atomic mass is 9.92. The highest BCUT2D eigenvalue weighted by Crippen LogP contribution is 2.26. The highest BCUT2D eigenvalue weighted by Gasteiger charge is 2.21. The van der Waals surface area contributed by atoms with Gasteiger partial charge in [0.15, 0.2) is 5.82 Å². The summed E-state index contributed by atoms with van der Waals surface area (Å²) in [6.45, 7) is 1.52. The maximum absolute atomic E-state index is 13.5. The Labute approximate surface area is 167 Å². The zero-order valence-corrected chi connectivity index (χ0v) is 16.1. The second-order valence-corrected chi connectivity index (χ2v) is 7.17. The lowest BCUT2D eigenvalue weighted by Crippen LogP contribution is -2.10. The Hall–Kier alpha value is -2.61. The molecule has 1 aliphatic rings. The topological polar surface area (TPSA) is 85.5 Å². The number of nitrogens with zero attached hydrogens (tertiary/aromatic N) is 2. The van der Waals surface area contributed by atoms with Crippen molar-refractivity contribution < 1.29 is 27.9 Å². The van der Waals surface area contributed by atoms with Gasteiger partial charge in [-0.15, -0.1) is 0 Å². The van der Waals surface area contributed by atoms with Crippen LogP contribution in [0.1, 0.15) is 55.3 Å². The van der Waals surface area contributed by atoms with Gasteiger partial charge in [0.05, 0.1) is 19.6 Å². The molecule has 1 aromatic heterocycles. The molecule has 1 atom stereocenters. The minimum absolute atomic E-state index is 0.102. The average Bonchev–Trinajstić information content (AvgIpc) is 2.93. The summed E-state index contributed by atoms with van der Waals surface area (Å²) in [5, 5.41) is 13.1. The Morgan fingerprint density at radius 2 is 1.97 bits per heavy atom. The summed E-state index contributed by atoms with van der Waals surface area (Å²) in [5.41, 5.74) is 1.63. The van der Waals surface area contributed by atoms with Crippen molar-refractivity contribution in [3.8, 4) is 0 Å². The summed E-state index contributed by atoms with van der Waals surface area (Å²) in [6.07, 6.45) is 6.37. The summed E-state index contributed by atoms with van der Waals surface area (Å²) in [7, 11) is 0. The first kappa shape index (κ1) is 21.1. The van der Waals surface area contributed by atoms with Crippen LogP contribution in [-0.4, -0.2) is 34.4 Å². The number of benzene rings is 1.